The zero-order chi connectivity index (χ0) is 25.4. The van der Waals surface area contributed by atoms with E-state index in [4.69, 9.17) is 23.2 Å². The smallest absolute Gasteiger partial charge is 0.339 e. The molecule has 5 rings (SSSR count). The van der Waals surface area contributed by atoms with Gasteiger partial charge in [-0.05, 0) is 42.4 Å². The van der Waals surface area contributed by atoms with E-state index in [1.807, 2.05) is 42.3 Å². The largest absolute Gasteiger partial charge is 0.368 e. The van der Waals surface area contributed by atoms with Crippen LogP contribution in [0.3, 0.4) is 0 Å². The molecule has 0 saturated carbocycles. The number of carbonyl (C=O) groups excluding carboxylic acids is 1. The number of amides is 2. The highest BCUT2D eigenvalue weighted by Gasteiger charge is 2.44. The van der Waals surface area contributed by atoms with E-state index in [1.54, 1.807) is 36.4 Å². The minimum absolute atomic E-state index is 0.103. The average Bonchev–Trinajstić information content (AvgIpc) is 2.86. The van der Waals surface area contributed by atoms with E-state index in [-0.39, 0.29) is 18.0 Å². The first-order valence-corrected chi connectivity index (χ1v) is 13.8. The van der Waals surface area contributed by atoms with Crippen LogP contribution in [0.1, 0.15) is 11.1 Å². The molecule has 0 aromatic heterocycles. The SMILES string of the molecule is CN1CCN(c2cc(Cl)cc3c2S(=O)(=O)N(Cc2ccc(Cl)cc2)C(=O)N3Cc2ccccc2)CC1. The Bertz CT molecular complexity index is 1380. The van der Waals surface area contributed by atoms with E-state index in [9.17, 15) is 13.2 Å². The molecule has 7 nitrogen and oxygen atoms in total. The maximum Gasteiger partial charge on any atom is 0.339 e. The van der Waals surface area contributed by atoms with Crippen molar-refractivity contribution >= 4 is 50.6 Å². The Balaban J connectivity index is 1.65. The Hall–Kier alpha value is -2.78. The minimum Gasteiger partial charge on any atom is -0.368 e. The molecule has 0 N–H and O–H groups in total. The summed E-state index contributed by atoms with van der Waals surface area (Å²) in [5.41, 5.74) is 2.37. The number of sulfonamides is 1. The summed E-state index contributed by atoms with van der Waals surface area (Å²) in [6.45, 7) is 3.01. The average molecular weight is 545 g/mol. The molecule has 2 aliphatic rings. The Morgan fingerprint density at radius 2 is 1.39 bits per heavy atom. The van der Waals surface area contributed by atoms with Gasteiger partial charge in [-0.25, -0.2) is 17.5 Å². The Morgan fingerprint density at radius 1 is 0.778 bits per heavy atom. The van der Waals surface area contributed by atoms with Gasteiger partial charge in [-0.15, -0.1) is 0 Å². The second-order valence-electron chi connectivity index (χ2n) is 9.06. The minimum atomic E-state index is -4.18. The van der Waals surface area contributed by atoms with Gasteiger partial charge in [0.15, 0.2) is 0 Å². The molecule has 3 aromatic carbocycles. The van der Waals surface area contributed by atoms with Gasteiger partial charge in [0.2, 0.25) is 0 Å². The van der Waals surface area contributed by atoms with Crippen LogP contribution in [0.2, 0.25) is 10.0 Å². The zero-order valence-corrected chi connectivity index (χ0v) is 22.1. The van der Waals surface area contributed by atoms with Crippen molar-refractivity contribution in [3.8, 4) is 0 Å². The lowest BCUT2D eigenvalue weighted by atomic mass is 10.1. The first-order chi connectivity index (χ1) is 17.2. The van der Waals surface area contributed by atoms with Gasteiger partial charge in [0.1, 0.15) is 4.90 Å². The molecule has 1 fully saturated rings. The van der Waals surface area contributed by atoms with Crippen LogP contribution in [0.25, 0.3) is 0 Å². The number of hydrogen-bond acceptors (Lipinski definition) is 5. The molecular formula is C26H26Cl2N4O3S. The first kappa shape index (κ1) is 24.9. The van der Waals surface area contributed by atoms with Crippen molar-refractivity contribution in [3.63, 3.8) is 0 Å². The van der Waals surface area contributed by atoms with Crippen LogP contribution in [-0.4, -0.2) is 56.9 Å². The molecule has 3 aromatic rings. The number of urea groups is 1. The molecular weight excluding hydrogens is 519 g/mol. The second-order valence-corrected chi connectivity index (χ2v) is 11.7. The zero-order valence-electron chi connectivity index (χ0n) is 19.8. The molecule has 10 heteroatoms. The van der Waals surface area contributed by atoms with Crippen LogP contribution >= 0.6 is 23.2 Å². The van der Waals surface area contributed by atoms with Crippen LogP contribution in [0.5, 0.6) is 0 Å². The highest BCUT2D eigenvalue weighted by molar-refractivity contribution is 7.90. The second kappa shape index (κ2) is 9.94. The third kappa shape index (κ3) is 4.78. The molecule has 0 aliphatic carbocycles. The molecule has 0 unspecified atom stereocenters. The lowest BCUT2D eigenvalue weighted by Gasteiger charge is -2.40. The molecule has 0 atom stereocenters. The number of piperazine rings is 1. The molecule has 0 spiro atoms. The molecule has 188 valence electrons. The van der Waals surface area contributed by atoms with Crippen molar-refractivity contribution in [2.75, 3.05) is 43.0 Å². The lowest BCUT2D eigenvalue weighted by molar-refractivity contribution is 0.226. The summed E-state index contributed by atoms with van der Waals surface area (Å²) in [7, 11) is -2.14. The molecule has 0 radical (unpaired) electrons. The van der Waals surface area contributed by atoms with Crippen LogP contribution in [0, 0.1) is 0 Å². The predicted octanol–water partition coefficient (Wildman–Crippen LogP) is 5.08. The number of rotatable bonds is 5. The number of hydrogen-bond donors (Lipinski definition) is 0. The number of nitrogens with zero attached hydrogens (tertiary/aromatic N) is 4. The van der Waals surface area contributed by atoms with Crippen LogP contribution in [-0.2, 0) is 23.1 Å². The number of anilines is 2. The van der Waals surface area contributed by atoms with E-state index in [0.717, 1.165) is 23.0 Å². The van der Waals surface area contributed by atoms with Gasteiger partial charge >= 0.3 is 6.03 Å². The first-order valence-electron chi connectivity index (χ1n) is 11.6. The molecule has 2 amide bonds. The molecule has 0 bridgehead atoms. The van der Waals surface area contributed by atoms with Gasteiger partial charge in [0.25, 0.3) is 10.0 Å². The highest BCUT2D eigenvalue weighted by Crippen LogP contribution is 2.44. The van der Waals surface area contributed by atoms with E-state index in [0.29, 0.717) is 40.1 Å². The topological polar surface area (TPSA) is 64.2 Å². The van der Waals surface area contributed by atoms with Gasteiger partial charge in [-0.1, -0.05) is 65.7 Å². The van der Waals surface area contributed by atoms with Crippen molar-refractivity contribution in [1.29, 1.82) is 0 Å². The summed E-state index contributed by atoms with van der Waals surface area (Å²) in [4.78, 5) is 19.7. The van der Waals surface area contributed by atoms with E-state index >= 15 is 0 Å². The monoisotopic (exact) mass is 544 g/mol. The fraction of sp³-hybridized carbons (Fsp3) is 0.269. The Kier molecular flexibility index (Phi) is 6.87. The lowest BCUT2D eigenvalue weighted by Crippen LogP contribution is -2.51. The molecule has 36 heavy (non-hydrogen) atoms. The van der Waals surface area contributed by atoms with Crippen LogP contribution in [0.4, 0.5) is 16.2 Å². The van der Waals surface area contributed by atoms with E-state index < -0.39 is 16.1 Å². The fourth-order valence-corrected chi connectivity index (χ4v) is 6.65. The maximum atomic E-state index is 14.1. The number of fused-ring (bicyclic) bond motifs is 1. The third-order valence-electron chi connectivity index (χ3n) is 6.56. The normalized spacial score (nSPS) is 17.9. The number of likely N-dealkylation sites (N-methyl/N-ethyl adjacent to an activating group) is 1. The number of carbonyl (C=O) groups is 1. The van der Waals surface area contributed by atoms with Crippen molar-refractivity contribution in [2.24, 2.45) is 0 Å². The quantitative estimate of drug-likeness (QED) is 0.448. The summed E-state index contributed by atoms with van der Waals surface area (Å²) in [5, 5.41) is 0.921. The van der Waals surface area contributed by atoms with Crippen molar-refractivity contribution in [1.82, 2.24) is 9.21 Å². The number of halogens is 2. The summed E-state index contributed by atoms with van der Waals surface area (Å²) < 4.78 is 29.1. The van der Waals surface area contributed by atoms with E-state index in [2.05, 4.69) is 4.90 Å². The Labute approximate surface area is 221 Å². The van der Waals surface area contributed by atoms with Crippen LogP contribution in [0.15, 0.2) is 71.6 Å². The number of benzene rings is 3. The van der Waals surface area contributed by atoms with Crippen molar-refractivity contribution < 1.29 is 13.2 Å². The van der Waals surface area contributed by atoms with Crippen molar-refractivity contribution in [3.05, 3.63) is 87.9 Å². The fourth-order valence-electron chi connectivity index (χ4n) is 4.59. The molecule has 1 saturated heterocycles. The summed E-state index contributed by atoms with van der Waals surface area (Å²) in [6.07, 6.45) is 0. The Morgan fingerprint density at radius 3 is 2.06 bits per heavy atom. The van der Waals surface area contributed by atoms with Gasteiger partial charge < -0.3 is 9.80 Å². The van der Waals surface area contributed by atoms with Gasteiger partial charge in [-0.3, -0.25) is 4.90 Å². The van der Waals surface area contributed by atoms with E-state index in [1.165, 1.54) is 4.90 Å². The maximum absolute atomic E-state index is 14.1. The molecule has 2 aliphatic heterocycles. The standard InChI is InChI=1S/C26H26Cl2N4O3S/c1-29-11-13-30(14-12-29)23-15-22(28)16-24-25(23)36(34,35)32(18-20-7-9-21(27)10-8-20)26(33)31(24)17-19-5-3-2-4-6-19/h2-10,15-16H,11-14,17-18H2,1H3. The highest BCUT2D eigenvalue weighted by atomic mass is 35.5. The third-order valence-corrected chi connectivity index (χ3v) is 8.83. The summed E-state index contributed by atoms with van der Waals surface area (Å²) in [5.74, 6) is 0. The summed E-state index contributed by atoms with van der Waals surface area (Å²) in [6, 6.07) is 19.0. The van der Waals surface area contributed by atoms with Gasteiger partial charge in [0.05, 0.1) is 24.5 Å². The van der Waals surface area contributed by atoms with Gasteiger partial charge in [0, 0.05) is 36.2 Å². The predicted molar refractivity (Wildman–Crippen MR) is 143 cm³/mol. The van der Waals surface area contributed by atoms with Gasteiger partial charge in [-0.2, -0.15) is 0 Å². The van der Waals surface area contributed by atoms with Crippen LogP contribution < -0.4 is 9.80 Å². The molecule has 2 heterocycles. The summed E-state index contributed by atoms with van der Waals surface area (Å²) >= 11 is 12.5. The van der Waals surface area contributed by atoms with Crippen molar-refractivity contribution in [2.45, 2.75) is 18.0 Å².